The van der Waals surface area contributed by atoms with Crippen molar-refractivity contribution in [2.24, 2.45) is 14.1 Å². The molecule has 0 aliphatic heterocycles. The quantitative estimate of drug-likeness (QED) is 0.590. The van der Waals surface area contributed by atoms with Gasteiger partial charge in [0.05, 0.1) is 15.9 Å². The van der Waals surface area contributed by atoms with Crippen molar-refractivity contribution < 1.29 is 8.42 Å². The van der Waals surface area contributed by atoms with E-state index in [9.17, 15) is 13.2 Å². The Morgan fingerprint density at radius 3 is 2.33 bits per heavy atom. The van der Waals surface area contributed by atoms with Gasteiger partial charge in [-0.1, -0.05) is 36.4 Å². The van der Waals surface area contributed by atoms with Crippen LogP contribution < -0.4 is 10.4 Å². The standard InChI is InChI=1S/C20H19N3O3S/c1-22-18-10-7-14(11-19(18)23(2)20(22)24)13-21-27(25,26)17-9-8-15-5-3-4-6-16(15)12-17/h3-12,21H,13H2,1-2H3. The molecule has 0 saturated heterocycles. The van der Waals surface area contributed by atoms with Crippen LogP contribution in [0.1, 0.15) is 5.56 Å². The van der Waals surface area contributed by atoms with E-state index in [0.29, 0.717) is 0 Å². The summed E-state index contributed by atoms with van der Waals surface area (Å²) in [4.78, 5) is 12.3. The van der Waals surface area contributed by atoms with Gasteiger partial charge in [-0.25, -0.2) is 17.9 Å². The zero-order valence-electron chi connectivity index (χ0n) is 15.0. The van der Waals surface area contributed by atoms with Crippen LogP contribution in [0.2, 0.25) is 0 Å². The van der Waals surface area contributed by atoms with Gasteiger partial charge >= 0.3 is 5.69 Å². The van der Waals surface area contributed by atoms with Crippen LogP contribution in [0.4, 0.5) is 0 Å². The summed E-state index contributed by atoms with van der Waals surface area (Å²) in [6, 6.07) is 18.2. The molecular weight excluding hydrogens is 362 g/mol. The molecule has 6 nitrogen and oxygen atoms in total. The van der Waals surface area contributed by atoms with Crippen LogP contribution in [-0.2, 0) is 30.7 Å². The summed E-state index contributed by atoms with van der Waals surface area (Å²) >= 11 is 0. The maximum atomic E-state index is 12.7. The Labute approximate surface area is 156 Å². The fourth-order valence-electron chi connectivity index (χ4n) is 3.26. The predicted molar refractivity (Wildman–Crippen MR) is 106 cm³/mol. The summed E-state index contributed by atoms with van der Waals surface area (Å²) in [6.07, 6.45) is 0. The summed E-state index contributed by atoms with van der Waals surface area (Å²) in [5.74, 6) is 0. The molecule has 7 heteroatoms. The molecule has 0 amide bonds. The molecule has 3 aromatic carbocycles. The molecule has 0 aliphatic rings. The molecule has 0 atom stereocenters. The van der Waals surface area contributed by atoms with Crippen molar-refractivity contribution in [3.05, 3.63) is 76.7 Å². The molecule has 1 aromatic heterocycles. The smallest absolute Gasteiger partial charge is 0.295 e. The van der Waals surface area contributed by atoms with Crippen LogP contribution in [-0.4, -0.2) is 17.6 Å². The van der Waals surface area contributed by atoms with Crippen molar-refractivity contribution in [2.45, 2.75) is 11.4 Å². The van der Waals surface area contributed by atoms with E-state index in [1.165, 1.54) is 0 Å². The molecule has 0 spiro atoms. The highest BCUT2D eigenvalue weighted by Crippen LogP contribution is 2.19. The number of fused-ring (bicyclic) bond motifs is 2. The van der Waals surface area contributed by atoms with Crippen molar-refractivity contribution in [2.75, 3.05) is 0 Å². The van der Waals surface area contributed by atoms with E-state index in [2.05, 4.69) is 4.72 Å². The Kier molecular flexibility index (Phi) is 4.13. The number of rotatable bonds is 4. The van der Waals surface area contributed by atoms with Crippen LogP contribution in [0.25, 0.3) is 21.8 Å². The van der Waals surface area contributed by atoms with Crippen molar-refractivity contribution in [3.63, 3.8) is 0 Å². The number of sulfonamides is 1. The van der Waals surface area contributed by atoms with Gasteiger partial charge < -0.3 is 0 Å². The summed E-state index contributed by atoms with van der Waals surface area (Å²) in [5.41, 5.74) is 2.25. The number of benzene rings is 3. The molecule has 0 radical (unpaired) electrons. The van der Waals surface area contributed by atoms with Crippen LogP contribution in [0, 0.1) is 0 Å². The van der Waals surface area contributed by atoms with E-state index >= 15 is 0 Å². The first-order valence-electron chi connectivity index (χ1n) is 8.50. The number of aromatic nitrogens is 2. The maximum absolute atomic E-state index is 12.7. The number of hydrogen-bond donors (Lipinski definition) is 1. The highest BCUT2D eigenvalue weighted by molar-refractivity contribution is 7.89. The number of nitrogens with zero attached hydrogens (tertiary/aromatic N) is 2. The van der Waals surface area contributed by atoms with Crippen LogP contribution in [0.5, 0.6) is 0 Å². The van der Waals surface area contributed by atoms with Crippen LogP contribution in [0.3, 0.4) is 0 Å². The number of nitrogens with one attached hydrogen (secondary N) is 1. The molecule has 0 fully saturated rings. The molecule has 1 heterocycles. The second-order valence-electron chi connectivity index (χ2n) is 6.56. The number of hydrogen-bond acceptors (Lipinski definition) is 3. The minimum Gasteiger partial charge on any atom is -0.295 e. The average Bonchev–Trinajstić information content (AvgIpc) is 2.90. The van der Waals surface area contributed by atoms with E-state index in [1.807, 2.05) is 42.5 Å². The molecular formula is C20H19N3O3S. The lowest BCUT2D eigenvalue weighted by Crippen LogP contribution is -2.23. The van der Waals surface area contributed by atoms with E-state index in [0.717, 1.165) is 27.4 Å². The Hall–Kier alpha value is -2.90. The Bertz CT molecular complexity index is 1330. The summed E-state index contributed by atoms with van der Waals surface area (Å²) < 4.78 is 31.1. The summed E-state index contributed by atoms with van der Waals surface area (Å²) in [5, 5.41) is 1.87. The normalized spacial score (nSPS) is 12.1. The van der Waals surface area contributed by atoms with Crippen molar-refractivity contribution in [1.82, 2.24) is 13.9 Å². The van der Waals surface area contributed by atoms with Gasteiger partial charge in [0.25, 0.3) is 0 Å². The molecule has 0 aliphatic carbocycles. The van der Waals surface area contributed by atoms with Crippen molar-refractivity contribution >= 4 is 31.8 Å². The number of imidazole rings is 1. The highest BCUT2D eigenvalue weighted by atomic mass is 32.2. The number of aryl methyl sites for hydroxylation is 2. The minimum absolute atomic E-state index is 0.112. The second-order valence-corrected chi connectivity index (χ2v) is 8.32. The molecule has 0 unspecified atom stereocenters. The lowest BCUT2D eigenvalue weighted by Gasteiger charge is -2.08. The Morgan fingerprint density at radius 2 is 1.56 bits per heavy atom. The second kappa shape index (κ2) is 6.37. The van der Waals surface area contributed by atoms with Gasteiger partial charge in [-0.05, 0) is 40.6 Å². The first kappa shape index (κ1) is 17.5. The van der Waals surface area contributed by atoms with Gasteiger partial charge in [-0.15, -0.1) is 0 Å². The van der Waals surface area contributed by atoms with Crippen molar-refractivity contribution in [3.8, 4) is 0 Å². The molecule has 0 bridgehead atoms. The van der Waals surface area contributed by atoms with Crippen LogP contribution >= 0.6 is 0 Å². The van der Waals surface area contributed by atoms with E-state index in [-0.39, 0.29) is 17.1 Å². The van der Waals surface area contributed by atoms with Gasteiger partial charge in [0.2, 0.25) is 10.0 Å². The third-order valence-corrected chi connectivity index (χ3v) is 6.23. The highest BCUT2D eigenvalue weighted by Gasteiger charge is 2.15. The first-order chi connectivity index (χ1) is 12.9. The minimum atomic E-state index is -3.64. The van der Waals surface area contributed by atoms with E-state index < -0.39 is 10.0 Å². The monoisotopic (exact) mass is 381 g/mol. The van der Waals surface area contributed by atoms with Gasteiger partial charge in [0.1, 0.15) is 0 Å². The third kappa shape index (κ3) is 3.05. The largest absolute Gasteiger partial charge is 0.328 e. The van der Waals surface area contributed by atoms with Gasteiger partial charge in [0, 0.05) is 20.6 Å². The van der Waals surface area contributed by atoms with Gasteiger partial charge in [0.15, 0.2) is 0 Å². The third-order valence-electron chi connectivity index (χ3n) is 4.83. The topological polar surface area (TPSA) is 73.1 Å². The average molecular weight is 381 g/mol. The van der Waals surface area contributed by atoms with Gasteiger partial charge in [-0.3, -0.25) is 9.13 Å². The molecule has 0 saturated carbocycles. The predicted octanol–water partition coefficient (Wildman–Crippen LogP) is 2.51. The van der Waals surface area contributed by atoms with E-state index in [4.69, 9.17) is 0 Å². The maximum Gasteiger partial charge on any atom is 0.328 e. The molecule has 4 aromatic rings. The van der Waals surface area contributed by atoms with E-state index in [1.54, 1.807) is 41.4 Å². The van der Waals surface area contributed by atoms with Crippen LogP contribution in [0.15, 0.2) is 70.4 Å². The molecule has 27 heavy (non-hydrogen) atoms. The summed E-state index contributed by atoms with van der Waals surface area (Å²) in [6.45, 7) is 0.147. The molecule has 4 rings (SSSR count). The fourth-order valence-corrected chi connectivity index (χ4v) is 4.31. The SMILES string of the molecule is Cn1c(=O)n(C)c2cc(CNS(=O)(=O)c3ccc4ccccc4c3)ccc21. The Balaban J connectivity index is 1.62. The molecule has 138 valence electrons. The first-order valence-corrected chi connectivity index (χ1v) is 9.98. The van der Waals surface area contributed by atoms with Gasteiger partial charge in [-0.2, -0.15) is 0 Å². The summed E-state index contributed by atoms with van der Waals surface area (Å²) in [7, 11) is -0.223. The zero-order chi connectivity index (χ0) is 19.2. The molecule has 1 N–H and O–H groups in total. The lowest BCUT2D eigenvalue weighted by molar-refractivity contribution is 0.581. The van der Waals surface area contributed by atoms with Crippen molar-refractivity contribution in [1.29, 1.82) is 0 Å². The fraction of sp³-hybridized carbons (Fsp3) is 0.150. The zero-order valence-corrected chi connectivity index (χ0v) is 15.8. The lowest BCUT2D eigenvalue weighted by atomic mass is 10.1. The Morgan fingerprint density at radius 1 is 0.852 bits per heavy atom.